The molecule has 1 N–H and O–H groups in total. The van der Waals surface area contributed by atoms with E-state index in [2.05, 4.69) is 32.7 Å². The molecular formula is C15H17BrFNS. The molecule has 0 spiro atoms. The predicted molar refractivity (Wildman–Crippen MR) is 83.4 cm³/mol. The maximum atomic E-state index is 14.3. The van der Waals surface area contributed by atoms with Gasteiger partial charge < -0.3 is 5.32 Å². The van der Waals surface area contributed by atoms with Crippen molar-refractivity contribution >= 4 is 27.3 Å². The predicted octanol–water partition coefficient (Wildman–Crippen LogP) is 4.97. The van der Waals surface area contributed by atoms with Crippen molar-refractivity contribution in [2.24, 2.45) is 0 Å². The summed E-state index contributed by atoms with van der Waals surface area (Å²) in [5, 5.41) is 5.44. The molecule has 0 bridgehead atoms. The number of halogens is 2. The summed E-state index contributed by atoms with van der Waals surface area (Å²) in [6.07, 6.45) is 0. The molecule has 0 amide bonds. The van der Waals surface area contributed by atoms with Gasteiger partial charge in [-0.2, -0.15) is 0 Å². The molecule has 0 aliphatic heterocycles. The molecule has 2 aromatic rings. The van der Waals surface area contributed by atoms with Crippen molar-refractivity contribution in [1.29, 1.82) is 0 Å². The van der Waals surface area contributed by atoms with Gasteiger partial charge in [0.25, 0.3) is 0 Å². The third kappa shape index (κ3) is 3.25. The number of benzene rings is 1. The Kier molecular flexibility index (Phi) is 4.76. The van der Waals surface area contributed by atoms with Crippen LogP contribution in [0.5, 0.6) is 0 Å². The van der Waals surface area contributed by atoms with Gasteiger partial charge in [-0.25, -0.2) is 4.39 Å². The minimum Gasteiger partial charge on any atom is -0.306 e. The van der Waals surface area contributed by atoms with Crippen LogP contribution in [0.2, 0.25) is 0 Å². The Balaban J connectivity index is 2.51. The zero-order chi connectivity index (χ0) is 14.0. The number of aryl methyl sites for hydroxylation is 2. The first-order chi connectivity index (χ1) is 9.02. The normalized spacial score (nSPS) is 12.7. The van der Waals surface area contributed by atoms with Crippen LogP contribution in [0.25, 0.3) is 0 Å². The van der Waals surface area contributed by atoms with E-state index in [0.717, 1.165) is 32.6 Å². The monoisotopic (exact) mass is 341 g/mol. The summed E-state index contributed by atoms with van der Waals surface area (Å²) < 4.78 is 15.4. The molecule has 1 heterocycles. The van der Waals surface area contributed by atoms with Gasteiger partial charge in [-0.15, -0.1) is 11.3 Å². The van der Waals surface area contributed by atoms with E-state index >= 15 is 0 Å². The van der Waals surface area contributed by atoms with E-state index in [1.54, 1.807) is 17.4 Å². The van der Waals surface area contributed by atoms with E-state index in [1.165, 1.54) is 0 Å². The van der Waals surface area contributed by atoms with Crippen LogP contribution in [-0.2, 0) is 0 Å². The highest BCUT2D eigenvalue weighted by molar-refractivity contribution is 9.11. The van der Waals surface area contributed by atoms with E-state index < -0.39 is 0 Å². The van der Waals surface area contributed by atoms with Crippen molar-refractivity contribution in [2.45, 2.75) is 26.8 Å². The summed E-state index contributed by atoms with van der Waals surface area (Å²) in [5.74, 6) is -0.134. The Hall–Kier alpha value is -0.710. The van der Waals surface area contributed by atoms with Crippen LogP contribution in [-0.4, -0.2) is 6.54 Å². The lowest BCUT2D eigenvalue weighted by Gasteiger charge is -2.20. The second-order valence-electron chi connectivity index (χ2n) is 4.65. The molecule has 0 aliphatic rings. The van der Waals surface area contributed by atoms with Crippen molar-refractivity contribution in [3.8, 4) is 0 Å². The van der Waals surface area contributed by atoms with Crippen LogP contribution in [0.4, 0.5) is 4.39 Å². The SMILES string of the molecule is CCNC(c1csc(Br)c1)c1c(C)cc(C)cc1F. The van der Waals surface area contributed by atoms with Gasteiger partial charge in [-0.05, 0) is 70.5 Å². The summed E-state index contributed by atoms with van der Waals surface area (Å²) in [6.45, 7) is 6.72. The molecule has 0 saturated heterocycles. The van der Waals surface area contributed by atoms with Crippen molar-refractivity contribution in [3.63, 3.8) is 0 Å². The molecule has 102 valence electrons. The summed E-state index contributed by atoms with van der Waals surface area (Å²) in [5.41, 5.74) is 3.80. The van der Waals surface area contributed by atoms with Gasteiger partial charge in [-0.3, -0.25) is 0 Å². The molecule has 1 atom stereocenters. The molecule has 0 aliphatic carbocycles. The topological polar surface area (TPSA) is 12.0 Å². The van der Waals surface area contributed by atoms with Crippen LogP contribution in [0, 0.1) is 19.7 Å². The summed E-state index contributed by atoms with van der Waals surface area (Å²) >= 11 is 5.09. The number of thiophene rings is 1. The molecule has 4 heteroatoms. The van der Waals surface area contributed by atoms with Gasteiger partial charge >= 0.3 is 0 Å². The minimum absolute atomic E-state index is 0.0897. The van der Waals surface area contributed by atoms with Gasteiger partial charge in [-0.1, -0.05) is 13.0 Å². The molecular weight excluding hydrogens is 325 g/mol. The number of nitrogens with one attached hydrogen (secondary N) is 1. The van der Waals surface area contributed by atoms with Gasteiger partial charge in [0.1, 0.15) is 5.82 Å². The average Bonchev–Trinajstić information content (AvgIpc) is 2.73. The zero-order valence-electron chi connectivity index (χ0n) is 11.3. The van der Waals surface area contributed by atoms with Crippen LogP contribution >= 0.6 is 27.3 Å². The molecule has 2 rings (SSSR count). The lowest BCUT2D eigenvalue weighted by molar-refractivity contribution is 0.556. The van der Waals surface area contributed by atoms with E-state index in [1.807, 2.05) is 26.8 Å². The van der Waals surface area contributed by atoms with E-state index in [-0.39, 0.29) is 11.9 Å². The second-order valence-corrected chi connectivity index (χ2v) is 6.94. The largest absolute Gasteiger partial charge is 0.306 e. The molecule has 1 nitrogen and oxygen atoms in total. The summed E-state index contributed by atoms with van der Waals surface area (Å²) in [7, 11) is 0. The number of rotatable bonds is 4. The molecule has 1 aromatic carbocycles. The summed E-state index contributed by atoms with van der Waals surface area (Å²) in [6, 6.07) is 5.60. The van der Waals surface area contributed by atoms with Crippen molar-refractivity contribution in [1.82, 2.24) is 5.32 Å². The highest BCUT2D eigenvalue weighted by Gasteiger charge is 2.20. The van der Waals surface area contributed by atoms with Gasteiger partial charge in [0.15, 0.2) is 0 Å². The Bertz CT molecular complexity index is 556. The fourth-order valence-electron chi connectivity index (χ4n) is 2.36. The second kappa shape index (κ2) is 6.16. The molecule has 0 fully saturated rings. The molecule has 0 radical (unpaired) electrons. The van der Waals surface area contributed by atoms with Crippen LogP contribution < -0.4 is 5.32 Å². The highest BCUT2D eigenvalue weighted by atomic mass is 79.9. The molecule has 0 saturated carbocycles. The maximum absolute atomic E-state index is 14.3. The van der Waals surface area contributed by atoms with Crippen LogP contribution in [0.15, 0.2) is 27.4 Å². The van der Waals surface area contributed by atoms with Crippen LogP contribution in [0.3, 0.4) is 0 Å². The van der Waals surface area contributed by atoms with Crippen LogP contribution in [0.1, 0.15) is 35.2 Å². The highest BCUT2D eigenvalue weighted by Crippen LogP contribution is 2.32. The first-order valence-electron chi connectivity index (χ1n) is 6.27. The first kappa shape index (κ1) is 14.7. The zero-order valence-corrected chi connectivity index (χ0v) is 13.7. The standard InChI is InChI=1S/C15H17BrFNS/c1-4-18-15(11-7-13(16)19-8-11)14-10(3)5-9(2)6-12(14)17/h5-8,15,18H,4H2,1-3H3. The smallest absolute Gasteiger partial charge is 0.128 e. The Morgan fingerprint density at radius 2 is 2.05 bits per heavy atom. The molecule has 1 unspecified atom stereocenters. The lowest BCUT2D eigenvalue weighted by atomic mass is 9.94. The van der Waals surface area contributed by atoms with Crippen molar-refractivity contribution < 1.29 is 4.39 Å². The molecule has 19 heavy (non-hydrogen) atoms. The fourth-order valence-corrected chi connectivity index (χ4v) is 3.56. The number of hydrogen-bond acceptors (Lipinski definition) is 2. The van der Waals surface area contributed by atoms with Crippen molar-refractivity contribution in [2.75, 3.05) is 6.54 Å². The Morgan fingerprint density at radius 1 is 1.32 bits per heavy atom. The maximum Gasteiger partial charge on any atom is 0.128 e. The van der Waals surface area contributed by atoms with Gasteiger partial charge in [0, 0.05) is 5.56 Å². The third-order valence-corrected chi connectivity index (χ3v) is 4.62. The minimum atomic E-state index is -0.134. The fraction of sp³-hybridized carbons (Fsp3) is 0.333. The Morgan fingerprint density at radius 3 is 2.58 bits per heavy atom. The quantitative estimate of drug-likeness (QED) is 0.828. The van der Waals surface area contributed by atoms with Crippen molar-refractivity contribution in [3.05, 3.63) is 55.4 Å². The van der Waals surface area contributed by atoms with E-state index in [9.17, 15) is 4.39 Å². The average molecular weight is 342 g/mol. The Labute approximate surface area is 126 Å². The third-order valence-electron chi connectivity index (χ3n) is 3.10. The van der Waals surface area contributed by atoms with Gasteiger partial charge in [0.05, 0.1) is 9.83 Å². The van der Waals surface area contributed by atoms with E-state index in [0.29, 0.717) is 0 Å². The summed E-state index contributed by atoms with van der Waals surface area (Å²) in [4.78, 5) is 0. The molecule has 1 aromatic heterocycles. The lowest BCUT2D eigenvalue weighted by Crippen LogP contribution is -2.23. The van der Waals surface area contributed by atoms with E-state index in [4.69, 9.17) is 0 Å². The first-order valence-corrected chi connectivity index (χ1v) is 7.94. The number of hydrogen-bond donors (Lipinski definition) is 1. The van der Waals surface area contributed by atoms with Gasteiger partial charge in [0.2, 0.25) is 0 Å².